The summed E-state index contributed by atoms with van der Waals surface area (Å²) in [4.78, 5) is 2.41. The first kappa shape index (κ1) is 28.4. The number of nitrogens with zero attached hydrogens (tertiary/aromatic N) is 3. The molecule has 2 heterocycles. The van der Waals surface area contributed by atoms with Gasteiger partial charge in [0.05, 0.1) is 22.5 Å². The molecule has 0 saturated carbocycles. The molecule has 0 fully saturated rings. The number of hydrogen-bond acceptors (Lipinski definition) is 4. The van der Waals surface area contributed by atoms with Crippen molar-refractivity contribution >= 4 is 17.1 Å². The lowest BCUT2D eigenvalue weighted by atomic mass is 9.73. The molecule has 2 aliphatic rings. The van der Waals surface area contributed by atoms with Gasteiger partial charge in [-0.1, -0.05) is 105 Å². The third-order valence-electron chi connectivity index (χ3n) is 9.77. The van der Waals surface area contributed by atoms with Gasteiger partial charge in [0.1, 0.15) is 23.6 Å². The molecule has 0 N–H and O–H groups in total. The molecule has 0 radical (unpaired) electrons. The standard InChI is InChI=1S/C43H31N3O/c1-43(2)36-15-5-7-17-39(36)46(40-18-8-6-16-37(40)43)38-19-11-14-29-32(38)25-24-31-30(23-22-28(26-44)35(31)27-45)34-13-4-10-21-42(34)47-41-20-9-3-12-33(29)41/h3-23H,24-25H2,1-2H3. The zero-order valence-electron chi connectivity index (χ0n) is 26.3. The van der Waals surface area contributed by atoms with Crippen molar-refractivity contribution in [3.05, 3.63) is 161 Å². The Morgan fingerprint density at radius 3 is 1.66 bits per heavy atom. The fourth-order valence-corrected chi connectivity index (χ4v) is 7.53. The second-order valence-electron chi connectivity index (χ2n) is 12.6. The summed E-state index contributed by atoms with van der Waals surface area (Å²) in [6.45, 7) is 4.60. The number of nitriles is 2. The van der Waals surface area contributed by atoms with Crippen molar-refractivity contribution in [3.8, 4) is 45.9 Å². The van der Waals surface area contributed by atoms with Crippen LogP contribution in [0, 0.1) is 22.7 Å². The van der Waals surface area contributed by atoms with E-state index in [0.29, 0.717) is 29.7 Å². The van der Waals surface area contributed by atoms with Crippen molar-refractivity contribution in [2.45, 2.75) is 32.1 Å². The van der Waals surface area contributed by atoms with Crippen LogP contribution in [-0.4, -0.2) is 0 Å². The molecule has 0 unspecified atom stereocenters. The number of fused-ring (bicyclic) bond motifs is 8. The van der Waals surface area contributed by atoms with Gasteiger partial charge in [0.2, 0.25) is 0 Å². The van der Waals surface area contributed by atoms with Crippen molar-refractivity contribution < 1.29 is 4.74 Å². The van der Waals surface area contributed by atoms with E-state index in [2.05, 4.69) is 110 Å². The second kappa shape index (κ2) is 11.1. The lowest BCUT2D eigenvalue weighted by molar-refractivity contribution is 0.486. The van der Waals surface area contributed by atoms with Gasteiger partial charge in [0.25, 0.3) is 0 Å². The van der Waals surface area contributed by atoms with Gasteiger partial charge < -0.3 is 9.64 Å². The zero-order chi connectivity index (χ0) is 32.1. The van der Waals surface area contributed by atoms with E-state index in [4.69, 9.17) is 4.74 Å². The van der Waals surface area contributed by atoms with E-state index in [9.17, 15) is 10.5 Å². The molecule has 0 amide bonds. The fourth-order valence-electron chi connectivity index (χ4n) is 7.53. The third-order valence-corrected chi connectivity index (χ3v) is 9.77. The van der Waals surface area contributed by atoms with Crippen molar-refractivity contribution in [1.82, 2.24) is 0 Å². The van der Waals surface area contributed by atoms with Crippen LogP contribution in [0.25, 0.3) is 22.3 Å². The largest absolute Gasteiger partial charge is 0.456 e. The summed E-state index contributed by atoms with van der Waals surface area (Å²) in [6.07, 6.45) is 1.21. The Bertz CT molecular complexity index is 2250. The Labute approximate surface area is 275 Å². The number of benzene rings is 6. The topological polar surface area (TPSA) is 60.0 Å². The number of rotatable bonds is 1. The second-order valence-corrected chi connectivity index (χ2v) is 12.6. The van der Waals surface area contributed by atoms with Gasteiger partial charge in [-0.25, -0.2) is 0 Å². The molecule has 6 aromatic carbocycles. The van der Waals surface area contributed by atoms with Crippen molar-refractivity contribution in [3.63, 3.8) is 0 Å². The molecule has 0 bridgehead atoms. The third kappa shape index (κ3) is 4.42. The van der Waals surface area contributed by atoms with E-state index in [1.807, 2.05) is 42.5 Å². The van der Waals surface area contributed by atoms with Gasteiger partial charge in [0, 0.05) is 22.2 Å². The summed E-state index contributed by atoms with van der Waals surface area (Å²) in [5.41, 5.74) is 12.4. The number of anilines is 3. The summed E-state index contributed by atoms with van der Waals surface area (Å²) < 4.78 is 6.78. The van der Waals surface area contributed by atoms with Gasteiger partial charge in [-0.05, 0) is 82.6 Å². The SMILES string of the molecule is CC1(C)c2ccccc2N(c2cccc3c2CCc2c(ccc(C#N)c2C#N)-c2ccccc2Oc2ccccc2-3)c2ccccc21. The molecule has 6 aromatic rings. The molecule has 0 atom stereocenters. The first-order valence-corrected chi connectivity index (χ1v) is 15.9. The first-order chi connectivity index (χ1) is 23.0. The van der Waals surface area contributed by atoms with Crippen LogP contribution in [0.5, 0.6) is 11.5 Å². The van der Waals surface area contributed by atoms with Crippen molar-refractivity contribution in [1.29, 1.82) is 10.5 Å². The van der Waals surface area contributed by atoms with Gasteiger partial charge >= 0.3 is 0 Å². The molecule has 47 heavy (non-hydrogen) atoms. The zero-order valence-corrected chi connectivity index (χ0v) is 26.3. The molecule has 0 aliphatic carbocycles. The minimum Gasteiger partial charge on any atom is -0.456 e. The molecule has 0 aromatic heterocycles. The molecule has 4 nitrogen and oxygen atoms in total. The normalized spacial score (nSPS) is 13.8. The van der Waals surface area contributed by atoms with Crippen LogP contribution in [0.15, 0.2) is 127 Å². The van der Waals surface area contributed by atoms with Gasteiger partial charge in [-0.15, -0.1) is 0 Å². The van der Waals surface area contributed by atoms with Gasteiger partial charge in [-0.3, -0.25) is 0 Å². The van der Waals surface area contributed by atoms with Crippen molar-refractivity contribution in [2.24, 2.45) is 0 Å². The minimum absolute atomic E-state index is 0.180. The Morgan fingerprint density at radius 2 is 1.04 bits per heavy atom. The molecule has 0 spiro atoms. The summed E-state index contributed by atoms with van der Waals surface area (Å²) in [7, 11) is 0. The summed E-state index contributed by atoms with van der Waals surface area (Å²) in [5, 5.41) is 20.4. The Hall–Kier alpha value is -6.10. The van der Waals surface area contributed by atoms with Gasteiger partial charge in [-0.2, -0.15) is 10.5 Å². The highest BCUT2D eigenvalue weighted by atomic mass is 16.5. The maximum atomic E-state index is 10.4. The first-order valence-electron chi connectivity index (χ1n) is 15.9. The Balaban J connectivity index is 1.43. The number of ether oxygens (including phenoxy) is 1. The maximum absolute atomic E-state index is 10.4. The average Bonchev–Trinajstić information content (AvgIpc) is 3.13. The Morgan fingerprint density at radius 1 is 0.532 bits per heavy atom. The monoisotopic (exact) mass is 605 g/mol. The molecule has 8 rings (SSSR count). The number of hydrogen-bond donors (Lipinski definition) is 0. The number of para-hydroxylation sites is 4. The predicted molar refractivity (Wildman–Crippen MR) is 187 cm³/mol. The lowest BCUT2D eigenvalue weighted by Crippen LogP contribution is -2.31. The Kier molecular flexibility index (Phi) is 6.68. The molecule has 2 aliphatic heterocycles. The maximum Gasteiger partial charge on any atom is 0.135 e. The van der Waals surface area contributed by atoms with Gasteiger partial charge in [0.15, 0.2) is 0 Å². The molecule has 224 valence electrons. The van der Waals surface area contributed by atoms with E-state index in [-0.39, 0.29) is 5.41 Å². The summed E-state index contributed by atoms with van der Waals surface area (Å²) >= 11 is 0. The molecular weight excluding hydrogens is 574 g/mol. The lowest BCUT2D eigenvalue weighted by Gasteiger charge is -2.42. The van der Waals surface area contributed by atoms with Crippen LogP contribution >= 0.6 is 0 Å². The van der Waals surface area contributed by atoms with E-state index >= 15 is 0 Å². The highest BCUT2D eigenvalue weighted by Gasteiger charge is 2.37. The van der Waals surface area contributed by atoms with Crippen LogP contribution < -0.4 is 9.64 Å². The molecule has 0 saturated heterocycles. The van der Waals surface area contributed by atoms with E-state index in [0.717, 1.165) is 56.2 Å². The van der Waals surface area contributed by atoms with E-state index in [1.165, 1.54) is 11.1 Å². The molecular formula is C43H31N3O. The highest BCUT2D eigenvalue weighted by molar-refractivity contribution is 5.90. The van der Waals surface area contributed by atoms with E-state index in [1.54, 1.807) is 6.07 Å². The molecule has 4 heteroatoms. The van der Waals surface area contributed by atoms with Crippen LogP contribution in [0.4, 0.5) is 17.1 Å². The summed E-state index contributed by atoms with van der Waals surface area (Å²) in [5.74, 6) is 1.46. The fraction of sp³-hybridized carbons (Fsp3) is 0.116. The predicted octanol–water partition coefficient (Wildman–Crippen LogP) is 10.8. The average molecular weight is 606 g/mol. The van der Waals surface area contributed by atoms with Crippen LogP contribution in [-0.2, 0) is 18.3 Å². The minimum atomic E-state index is -0.180. The van der Waals surface area contributed by atoms with Crippen molar-refractivity contribution in [2.75, 3.05) is 4.90 Å². The van der Waals surface area contributed by atoms with E-state index < -0.39 is 0 Å². The van der Waals surface area contributed by atoms with Crippen LogP contribution in [0.1, 0.15) is 47.2 Å². The van der Waals surface area contributed by atoms with Crippen LogP contribution in [0.3, 0.4) is 0 Å². The highest BCUT2D eigenvalue weighted by Crippen LogP contribution is 2.53. The summed E-state index contributed by atoms with van der Waals surface area (Å²) in [6, 6.07) is 48.4. The van der Waals surface area contributed by atoms with Crippen LogP contribution in [0.2, 0.25) is 0 Å². The quantitative estimate of drug-likeness (QED) is 0.187. The smallest absolute Gasteiger partial charge is 0.135 e.